The highest BCUT2D eigenvalue weighted by molar-refractivity contribution is 7.09. The lowest BCUT2D eigenvalue weighted by Crippen LogP contribution is -2.18. The van der Waals surface area contributed by atoms with Crippen molar-refractivity contribution in [1.29, 1.82) is 0 Å². The summed E-state index contributed by atoms with van der Waals surface area (Å²) in [4.78, 5) is 21.3. The molecule has 3 rings (SSSR count). The number of amides is 1. The number of nitrogens with zero attached hydrogens (tertiary/aromatic N) is 3. The number of hydrogen-bond acceptors (Lipinski definition) is 6. The number of aliphatic hydroxyl groups is 1. The number of methoxy groups -OCH3 is 1. The van der Waals surface area contributed by atoms with Crippen molar-refractivity contribution in [2.24, 2.45) is 4.99 Å². The van der Waals surface area contributed by atoms with Gasteiger partial charge in [-0.15, -0.1) is 11.3 Å². The SMILES string of the molecule is COc1ccc(Cl)cc1C(=O)N=c1sn(C(C)(C)C)cc1C(O)c1nccs1. The number of hydrogen-bond donors (Lipinski definition) is 1. The normalized spacial score (nSPS) is 13.6. The van der Waals surface area contributed by atoms with Crippen LogP contribution in [-0.4, -0.2) is 27.1 Å². The topological polar surface area (TPSA) is 76.7 Å². The van der Waals surface area contributed by atoms with Crippen LogP contribution in [0.5, 0.6) is 5.75 Å². The molecule has 3 aromatic rings. The van der Waals surface area contributed by atoms with Gasteiger partial charge in [-0.05, 0) is 50.5 Å². The first-order chi connectivity index (χ1) is 13.2. The van der Waals surface area contributed by atoms with Gasteiger partial charge >= 0.3 is 0 Å². The molecule has 0 spiro atoms. The molecule has 0 saturated heterocycles. The van der Waals surface area contributed by atoms with Crippen molar-refractivity contribution < 1.29 is 14.6 Å². The molecule has 0 aliphatic heterocycles. The van der Waals surface area contributed by atoms with Gasteiger partial charge in [0.15, 0.2) is 0 Å². The molecule has 0 saturated carbocycles. The monoisotopic (exact) mass is 437 g/mol. The highest BCUT2D eigenvalue weighted by Crippen LogP contribution is 2.26. The minimum Gasteiger partial charge on any atom is -0.496 e. The Morgan fingerprint density at radius 2 is 2.14 bits per heavy atom. The van der Waals surface area contributed by atoms with E-state index in [1.165, 1.54) is 36.0 Å². The Bertz CT molecular complexity index is 1050. The average Bonchev–Trinajstić information content (AvgIpc) is 3.30. The van der Waals surface area contributed by atoms with Crippen LogP contribution in [0.1, 0.15) is 47.8 Å². The van der Waals surface area contributed by atoms with Gasteiger partial charge in [-0.25, -0.2) is 4.98 Å². The Morgan fingerprint density at radius 3 is 2.75 bits per heavy atom. The molecule has 0 aliphatic carbocycles. The van der Waals surface area contributed by atoms with Crippen LogP contribution >= 0.6 is 34.5 Å². The molecule has 1 aromatic carbocycles. The van der Waals surface area contributed by atoms with Crippen LogP contribution in [0.15, 0.2) is 41.0 Å². The standard InChI is InChI=1S/C19H20ClN3O3S2/c1-19(2,3)23-10-13(15(24)18-21-7-8-27-18)17(28-23)22-16(25)12-9-11(20)5-6-14(12)26-4/h5-10,15,24H,1-4H3. The Balaban J connectivity index is 2.13. The lowest BCUT2D eigenvalue weighted by Gasteiger charge is -2.19. The van der Waals surface area contributed by atoms with Crippen molar-refractivity contribution in [3.05, 3.63) is 61.8 Å². The number of carbonyl (C=O) groups is 1. The molecule has 9 heteroatoms. The summed E-state index contributed by atoms with van der Waals surface area (Å²) >= 11 is 8.69. The second-order valence-corrected chi connectivity index (χ2v) is 9.34. The molecule has 1 amide bonds. The molecule has 0 bridgehead atoms. The van der Waals surface area contributed by atoms with Gasteiger partial charge in [0.05, 0.1) is 12.7 Å². The molecule has 1 unspecified atom stereocenters. The van der Waals surface area contributed by atoms with Crippen LogP contribution in [0.2, 0.25) is 5.02 Å². The Kier molecular flexibility index (Phi) is 6.04. The molecule has 2 heterocycles. The summed E-state index contributed by atoms with van der Waals surface area (Å²) in [5, 5.41) is 13.5. The maximum atomic E-state index is 12.9. The largest absolute Gasteiger partial charge is 0.496 e. The summed E-state index contributed by atoms with van der Waals surface area (Å²) in [5.41, 5.74) is 0.566. The Labute approximate surface area is 175 Å². The maximum absolute atomic E-state index is 12.9. The molecule has 2 aromatic heterocycles. The fourth-order valence-electron chi connectivity index (χ4n) is 2.46. The third kappa shape index (κ3) is 4.35. The number of ether oxygens (including phenoxy) is 1. The van der Waals surface area contributed by atoms with E-state index in [1.807, 2.05) is 30.9 Å². The van der Waals surface area contributed by atoms with E-state index in [1.54, 1.807) is 23.7 Å². The van der Waals surface area contributed by atoms with Crippen molar-refractivity contribution in [3.8, 4) is 5.75 Å². The van der Waals surface area contributed by atoms with Crippen LogP contribution in [0.4, 0.5) is 0 Å². The van der Waals surface area contributed by atoms with Crippen molar-refractivity contribution in [1.82, 2.24) is 8.94 Å². The number of aliphatic hydroxyl groups excluding tert-OH is 1. The number of halogens is 1. The van der Waals surface area contributed by atoms with Gasteiger partial charge in [0, 0.05) is 33.9 Å². The van der Waals surface area contributed by atoms with Crippen molar-refractivity contribution in [2.45, 2.75) is 32.4 Å². The van der Waals surface area contributed by atoms with Gasteiger partial charge in [-0.1, -0.05) is 11.6 Å². The first-order valence-electron chi connectivity index (χ1n) is 8.44. The van der Waals surface area contributed by atoms with E-state index in [4.69, 9.17) is 16.3 Å². The molecule has 1 atom stereocenters. The highest BCUT2D eigenvalue weighted by Gasteiger charge is 2.23. The van der Waals surface area contributed by atoms with E-state index in [9.17, 15) is 9.90 Å². The van der Waals surface area contributed by atoms with Gasteiger partial charge in [-0.3, -0.25) is 8.75 Å². The minimum absolute atomic E-state index is 0.230. The molecule has 1 N–H and O–H groups in total. The summed E-state index contributed by atoms with van der Waals surface area (Å²) in [6.07, 6.45) is 2.48. The number of carbonyl (C=O) groups excluding carboxylic acids is 1. The third-order valence-corrected chi connectivity index (χ3v) is 6.34. The van der Waals surface area contributed by atoms with Gasteiger partial charge in [-0.2, -0.15) is 4.99 Å². The zero-order valence-corrected chi connectivity index (χ0v) is 18.2. The van der Waals surface area contributed by atoms with E-state index in [-0.39, 0.29) is 11.1 Å². The third-order valence-electron chi connectivity index (χ3n) is 3.92. The fourth-order valence-corrected chi connectivity index (χ4v) is 4.29. The molecular weight excluding hydrogens is 418 g/mol. The molecular formula is C19H20ClN3O3S2. The minimum atomic E-state index is -0.965. The number of benzene rings is 1. The van der Waals surface area contributed by atoms with E-state index in [0.29, 0.717) is 26.0 Å². The first-order valence-corrected chi connectivity index (χ1v) is 10.5. The molecule has 148 valence electrons. The van der Waals surface area contributed by atoms with Gasteiger partial charge < -0.3 is 9.84 Å². The Hall–Kier alpha value is -2.00. The quantitative estimate of drug-likeness (QED) is 0.662. The maximum Gasteiger partial charge on any atom is 0.282 e. The van der Waals surface area contributed by atoms with Gasteiger partial charge in [0.1, 0.15) is 21.5 Å². The summed E-state index contributed by atoms with van der Waals surface area (Å²) in [7, 11) is 1.48. The summed E-state index contributed by atoms with van der Waals surface area (Å²) < 4.78 is 7.64. The van der Waals surface area contributed by atoms with E-state index >= 15 is 0 Å². The molecule has 28 heavy (non-hydrogen) atoms. The van der Waals surface area contributed by atoms with Crippen LogP contribution in [0, 0.1) is 0 Å². The molecule has 0 radical (unpaired) electrons. The van der Waals surface area contributed by atoms with E-state index < -0.39 is 12.0 Å². The molecule has 0 fully saturated rings. The van der Waals surface area contributed by atoms with Crippen LogP contribution in [0.25, 0.3) is 0 Å². The second-order valence-electron chi connectivity index (χ2n) is 7.01. The molecule has 0 aliphatic rings. The predicted octanol–water partition coefficient (Wildman–Crippen LogP) is 4.25. The van der Waals surface area contributed by atoms with Crippen LogP contribution in [-0.2, 0) is 5.54 Å². The zero-order chi connectivity index (χ0) is 20.5. The van der Waals surface area contributed by atoms with E-state index in [0.717, 1.165) is 0 Å². The Morgan fingerprint density at radius 1 is 1.39 bits per heavy atom. The van der Waals surface area contributed by atoms with Crippen LogP contribution in [0.3, 0.4) is 0 Å². The summed E-state index contributed by atoms with van der Waals surface area (Å²) in [6, 6.07) is 4.79. The zero-order valence-electron chi connectivity index (χ0n) is 15.8. The van der Waals surface area contributed by atoms with Crippen molar-refractivity contribution in [3.63, 3.8) is 0 Å². The second kappa shape index (κ2) is 8.16. The fraction of sp³-hybridized carbons (Fsp3) is 0.316. The lowest BCUT2D eigenvalue weighted by atomic mass is 10.1. The van der Waals surface area contributed by atoms with Gasteiger partial charge in [0.2, 0.25) is 0 Å². The predicted molar refractivity (Wildman–Crippen MR) is 111 cm³/mol. The first kappa shape index (κ1) is 20.7. The number of rotatable bonds is 4. The average molecular weight is 438 g/mol. The highest BCUT2D eigenvalue weighted by atomic mass is 35.5. The lowest BCUT2D eigenvalue weighted by molar-refractivity contribution is 0.0995. The smallest absolute Gasteiger partial charge is 0.282 e. The number of aromatic nitrogens is 2. The van der Waals surface area contributed by atoms with Gasteiger partial charge in [0.25, 0.3) is 5.91 Å². The number of thiazole rings is 1. The summed E-state index contributed by atoms with van der Waals surface area (Å²) in [6.45, 7) is 6.11. The molecule has 6 nitrogen and oxygen atoms in total. The van der Waals surface area contributed by atoms with Crippen molar-refractivity contribution >= 4 is 40.4 Å². The van der Waals surface area contributed by atoms with E-state index in [2.05, 4.69) is 9.98 Å². The summed E-state index contributed by atoms with van der Waals surface area (Å²) in [5.74, 6) is -0.102. The van der Waals surface area contributed by atoms with Crippen LogP contribution < -0.4 is 9.41 Å². The van der Waals surface area contributed by atoms with Crippen molar-refractivity contribution in [2.75, 3.05) is 7.11 Å².